The normalized spacial score (nSPS) is 43.2. The van der Waals surface area contributed by atoms with Crippen LogP contribution in [0.3, 0.4) is 0 Å². The molecule has 0 heterocycles. The average molecular weight is 353 g/mol. The second-order valence-electron chi connectivity index (χ2n) is 8.66. The van der Waals surface area contributed by atoms with Crippen LogP contribution < -0.4 is 0 Å². The molecule has 0 N–H and O–H groups in total. The molecule has 0 spiro atoms. The first kappa shape index (κ1) is 17.3. The third-order valence-corrected chi connectivity index (χ3v) is 7.67. The van der Waals surface area contributed by atoms with Crippen LogP contribution in [0.4, 0.5) is 0 Å². The fourth-order valence-corrected chi connectivity index (χ4v) is 6.43. The number of hydrogen-bond acceptors (Lipinski definition) is 0. The predicted molar refractivity (Wildman–Crippen MR) is 97.9 cm³/mol. The van der Waals surface area contributed by atoms with Crippen LogP contribution in [0.15, 0.2) is 24.3 Å². The zero-order valence-electron chi connectivity index (χ0n) is 14.6. The molecular formula is C20H33Br. The molecule has 1 heteroatoms. The first-order valence-corrected chi connectivity index (χ1v) is 9.41. The fourth-order valence-electron chi connectivity index (χ4n) is 5.49. The largest absolute Gasteiger partial charge is 0.0988 e. The second kappa shape index (κ2) is 5.87. The van der Waals surface area contributed by atoms with Gasteiger partial charge in [0.15, 0.2) is 0 Å². The van der Waals surface area contributed by atoms with E-state index in [1.54, 1.807) is 0 Å². The first-order chi connectivity index (χ1) is 9.63. The van der Waals surface area contributed by atoms with Crippen molar-refractivity contribution in [3.05, 3.63) is 24.3 Å². The van der Waals surface area contributed by atoms with E-state index in [0.29, 0.717) is 10.8 Å². The summed E-state index contributed by atoms with van der Waals surface area (Å²) in [6.45, 7) is 16.1. The van der Waals surface area contributed by atoms with E-state index < -0.39 is 0 Å². The van der Waals surface area contributed by atoms with Crippen LogP contribution in [0.2, 0.25) is 0 Å². The Balaban J connectivity index is 2.35. The van der Waals surface area contributed by atoms with Crippen molar-refractivity contribution in [1.29, 1.82) is 0 Å². The molecule has 0 bridgehead atoms. The Morgan fingerprint density at radius 1 is 1.19 bits per heavy atom. The van der Waals surface area contributed by atoms with E-state index in [1.165, 1.54) is 44.1 Å². The molecule has 1 unspecified atom stereocenters. The minimum atomic E-state index is 0.281. The summed E-state index contributed by atoms with van der Waals surface area (Å²) in [4.78, 5) is 0. The van der Waals surface area contributed by atoms with Crippen molar-refractivity contribution in [2.45, 2.75) is 77.5 Å². The van der Waals surface area contributed by atoms with Gasteiger partial charge in [0.2, 0.25) is 0 Å². The van der Waals surface area contributed by atoms with Gasteiger partial charge in [0.05, 0.1) is 0 Å². The van der Waals surface area contributed by atoms with Gasteiger partial charge in [-0.25, -0.2) is 0 Å². The Bertz CT molecular complexity index is 429. The van der Waals surface area contributed by atoms with E-state index in [1.807, 2.05) is 6.08 Å². The number of alkyl halides is 1. The minimum Gasteiger partial charge on any atom is -0.0988 e. The lowest BCUT2D eigenvalue weighted by molar-refractivity contribution is -0.0823. The van der Waals surface area contributed by atoms with Gasteiger partial charge in [0.25, 0.3) is 0 Å². The Kier molecular flexibility index (Phi) is 4.84. The van der Waals surface area contributed by atoms with Gasteiger partial charge < -0.3 is 0 Å². The van der Waals surface area contributed by atoms with Gasteiger partial charge in [-0.2, -0.15) is 0 Å². The van der Waals surface area contributed by atoms with Crippen LogP contribution in [0.5, 0.6) is 0 Å². The molecule has 0 aromatic heterocycles. The zero-order valence-corrected chi connectivity index (χ0v) is 16.2. The maximum absolute atomic E-state index is 4.11. The highest BCUT2D eigenvalue weighted by Gasteiger charge is 2.57. The number of fused-ring (bicyclic) bond motifs is 1. The smallest absolute Gasteiger partial charge is 0.0266 e. The van der Waals surface area contributed by atoms with Crippen molar-refractivity contribution in [1.82, 2.24) is 0 Å². The minimum absolute atomic E-state index is 0.281. The van der Waals surface area contributed by atoms with Crippen molar-refractivity contribution in [2.75, 3.05) is 0 Å². The van der Waals surface area contributed by atoms with E-state index in [4.69, 9.17) is 0 Å². The van der Waals surface area contributed by atoms with Crippen LogP contribution in [-0.2, 0) is 0 Å². The van der Waals surface area contributed by atoms with E-state index in [9.17, 15) is 0 Å². The van der Waals surface area contributed by atoms with E-state index in [2.05, 4.69) is 63.2 Å². The molecule has 0 nitrogen and oxygen atoms in total. The lowest BCUT2D eigenvalue weighted by atomic mass is 9.46. The summed E-state index contributed by atoms with van der Waals surface area (Å²) in [5, 5.41) is 0. The molecule has 4 atom stereocenters. The van der Waals surface area contributed by atoms with Gasteiger partial charge in [-0.05, 0) is 68.6 Å². The molecule has 2 rings (SSSR count). The highest BCUT2D eigenvalue weighted by molar-refractivity contribution is 9.10. The molecule has 0 radical (unpaired) electrons. The van der Waals surface area contributed by atoms with Gasteiger partial charge in [-0.15, -0.1) is 0 Å². The summed E-state index contributed by atoms with van der Waals surface area (Å²) in [5.41, 5.74) is 2.29. The van der Waals surface area contributed by atoms with Crippen LogP contribution in [0, 0.1) is 22.7 Å². The number of allylic oxidation sites excluding steroid dienone is 3. The van der Waals surface area contributed by atoms with Crippen LogP contribution in [-0.4, -0.2) is 4.32 Å². The molecule has 2 aliphatic carbocycles. The van der Waals surface area contributed by atoms with Gasteiger partial charge in [-0.1, -0.05) is 67.4 Å². The highest BCUT2D eigenvalue weighted by atomic mass is 79.9. The Hall–Kier alpha value is -0.0400. The molecule has 120 valence electrons. The molecule has 2 fully saturated rings. The monoisotopic (exact) mass is 352 g/mol. The second-order valence-corrected chi connectivity index (χ2v) is 10.5. The van der Waals surface area contributed by atoms with Crippen molar-refractivity contribution < 1.29 is 0 Å². The molecule has 2 saturated carbocycles. The summed E-state index contributed by atoms with van der Waals surface area (Å²) < 4.78 is 0.281. The van der Waals surface area contributed by atoms with Crippen LogP contribution >= 0.6 is 15.9 Å². The van der Waals surface area contributed by atoms with E-state index >= 15 is 0 Å². The molecule has 0 aliphatic heterocycles. The van der Waals surface area contributed by atoms with Gasteiger partial charge in [0.1, 0.15) is 0 Å². The van der Waals surface area contributed by atoms with Crippen molar-refractivity contribution in [3.8, 4) is 0 Å². The summed E-state index contributed by atoms with van der Waals surface area (Å²) in [5.74, 6) is 1.59. The summed E-state index contributed by atoms with van der Waals surface area (Å²) in [6.07, 6.45) is 12.5. The quantitative estimate of drug-likeness (QED) is 0.382. The maximum Gasteiger partial charge on any atom is 0.0266 e. The standard InChI is InChI=1S/C20H33Br/c1-7-15(2)9-10-17-19(5)13-8-12-18(3,4)16(19)11-14-20(17,6)21/h7,9,16-17H,1,8,10-14H2,2-6H3/b15-9-/t16?,17-,19+,20-/m1/s1. The van der Waals surface area contributed by atoms with Crippen molar-refractivity contribution in [3.63, 3.8) is 0 Å². The molecule has 0 amide bonds. The Morgan fingerprint density at radius 3 is 2.48 bits per heavy atom. The third-order valence-electron chi connectivity index (χ3n) is 6.72. The number of rotatable bonds is 3. The van der Waals surface area contributed by atoms with Crippen molar-refractivity contribution >= 4 is 15.9 Å². The Labute approximate surface area is 140 Å². The fraction of sp³-hybridized carbons (Fsp3) is 0.800. The third kappa shape index (κ3) is 3.19. The van der Waals surface area contributed by atoms with Crippen LogP contribution in [0.25, 0.3) is 0 Å². The van der Waals surface area contributed by atoms with Gasteiger partial charge in [0, 0.05) is 4.32 Å². The summed E-state index contributed by atoms with van der Waals surface area (Å²) >= 11 is 4.11. The predicted octanol–water partition coefficient (Wildman–Crippen LogP) is 6.91. The highest BCUT2D eigenvalue weighted by Crippen LogP contribution is 2.64. The Morgan fingerprint density at radius 2 is 1.86 bits per heavy atom. The maximum atomic E-state index is 4.11. The van der Waals surface area contributed by atoms with E-state index in [-0.39, 0.29) is 4.32 Å². The summed E-state index contributed by atoms with van der Waals surface area (Å²) in [7, 11) is 0. The zero-order chi connectivity index (χ0) is 15.9. The van der Waals surface area contributed by atoms with Crippen LogP contribution in [0.1, 0.15) is 73.1 Å². The SMILES string of the molecule is C=C/C(C)=C\C[C@@H]1[C@@]2(C)CCCC(C)(C)C2CC[C@@]1(C)Br. The van der Waals surface area contributed by atoms with Gasteiger partial charge in [-0.3, -0.25) is 0 Å². The molecular weight excluding hydrogens is 320 g/mol. The lowest BCUT2D eigenvalue weighted by Crippen LogP contribution is -2.55. The molecule has 2 aliphatic rings. The van der Waals surface area contributed by atoms with Gasteiger partial charge >= 0.3 is 0 Å². The first-order valence-electron chi connectivity index (χ1n) is 8.61. The van der Waals surface area contributed by atoms with E-state index in [0.717, 1.165) is 11.8 Å². The molecule has 0 aromatic rings. The molecule has 0 saturated heterocycles. The number of halogens is 1. The average Bonchev–Trinajstić information content (AvgIpc) is 2.35. The summed E-state index contributed by atoms with van der Waals surface area (Å²) in [6, 6.07) is 0. The molecule has 0 aromatic carbocycles. The van der Waals surface area contributed by atoms with Crippen molar-refractivity contribution in [2.24, 2.45) is 22.7 Å². The lowest BCUT2D eigenvalue weighted by Gasteiger charge is -2.61. The molecule has 21 heavy (non-hydrogen) atoms. The topological polar surface area (TPSA) is 0 Å². The number of hydrogen-bond donors (Lipinski definition) is 0.